The van der Waals surface area contributed by atoms with Crippen molar-refractivity contribution in [3.05, 3.63) is 40.1 Å². The largest absolute Gasteiger partial charge is 0.443 e. The number of ether oxygens (including phenoxy) is 1. The van der Waals surface area contributed by atoms with Crippen LogP contribution in [0.2, 0.25) is 0 Å². The van der Waals surface area contributed by atoms with Crippen LogP contribution in [0.1, 0.15) is 47.3 Å². The van der Waals surface area contributed by atoms with Gasteiger partial charge in [0.05, 0.1) is 16.0 Å². The first-order valence-electron chi connectivity index (χ1n) is 9.39. The maximum atomic E-state index is 13.1. The minimum absolute atomic E-state index is 0.0903. The molecule has 0 atom stereocenters. The second kappa shape index (κ2) is 7.12. The van der Waals surface area contributed by atoms with Crippen LogP contribution in [-0.4, -0.2) is 31.3 Å². The Bertz CT molecular complexity index is 1120. The van der Waals surface area contributed by atoms with Crippen molar-refractivity contribution in [2.45, 2.75) is 52.6 Å². The SMILES string of the molecule is Cn1c(N(C(=O)OC(C)(C)C)c2cc(C(C)(C)C)on2)nc2cc([N+](=O)[O-])ccc21. The second-order valence-corrected chi connectivity index (χ2v) is 9.02. The highest BCUT2D eigenvalue weighted by molar-refractivity contribution is 5.95. The van der Waals surface area contributed by atoms with Crippen LogP contribution in [0.5, 0.6) is 0 Å². The molecule has 0 spiro atoms. The van der Waals surface area contributed by atoms with Crippen molar-refractivity contribution in [1.82, 2.24) is 14.7 Å². The van der Waals surface area contributed by atoms with Gasteiger partial charge < -0.3 is 13.8 Å². The number of carbonyl (C=O) groups excluding carboxylic acids is 1. The molecular weight excluding hydrogens is 390 g/mol. The number of amides is 1. The molecule has 1 amide bonds. The molecule has 0 saturated heterocycles. The van der Waals surface area contributed by atoms with Crippen molar-refractivity contribution in [3.63, 3.8) is 0 Å². The first-order chi connectivity index (χ1) is 13.8. The molecule has 3 aromatic rings. The number of fused-ring (bicyclic) bond motifs is 1. The maximum absolute atomic E-state index is 13.1. The topological polar surface area (TPSA) is 117 Å². The van der Waals surface area contributed by atoms with Gasteiger partial charge >= 0.3 is 6.09 Å². The number of nitrogens with zero attached hydrogens (tertiary/aromatic N) is 5. The number of carbonyl (C=O) groups is 1. The average Bonchev–Trinajstić information content (AvgIpc) is 3.19. The minimum Gasteiger partial charge on any atom is -0.443 e. The highest BCUT2D eigenvalue weighted by Gasteiger charge is 2.32. The molecule has 0 aliphatic heterocycles. The van der Waals surface area contributed by atoms with Crippen molar-refractivity contribution in [3.8, 4) is 0 Å². The van der Waals surface area contributed by atoms with Crippen LogP contribution in [0.15, 0.2) is 28.8 Å². The summed E-state index contributed by atoms with van der Waals surface area (Å²) < 4.78 is 12.7. The van der Waals surface area contributed by atoms with Gasteiger partial charge in [-0.1, -0.05) is 25.9 Å². The number of hydrogen-bond donors (Lipinski definition) is 0. The van der Waals surface area contributed by atoms with Gasteiger partial charge in [-0.15, -0.1) is 0 Å². The molecule has 30 heavy (non-hydrogen) atoms. The third kappa shape index (κ3) is 4.12. The van der Waals surface area contributed by atoms with Gasteiger partial charge in [0.15, 0.2) is 5.82 Å². The Hall–Kier alpha value is -3.43. The van der Waals surface area contributed by atoms with Crippen molar-refractivity contribution in [1.29, 1.82) is 0 Å². The first-order valence-corrected chi connectivity index (χ1v) is 9.39. The van der Waals surface area contributed by atoms with E-state index in [1.807, 2.05) is 20.8 Å². The second-order valence-electron chi connectivity index (χ2n) is 9.02. The van der Waals surface area contributed by atoms with E-state index in [9.17, 15) is 14.9 Å². The Morgan fingerprint density at radius 1 is 1.20 bits per heavy atom. The zero-order valence-corrected chi connectivity index (χ0v) is 18.1. The van der Waals surface area contributed by atoms with E-state index in [0.29, 0.717) is 16.8 Å². The Morgan fingerprint density at radius 2 is 1.87 bits per heavy atom. The van der Waals surface area contributed by atoms with Crippen molar-refractivity contribution >= 4 is 34.6 Å². The molecule has 2 heterocycles. The van der Waals surface area contributed by atoms with Crippen molar-refractivity contribution < 1.29 is 19.0 Å². The van der Waals surface area contributed by atoms with Crippen LogP contribution in [0.3, 0.4) is 0 Å². The van der Waals surface area contributed by atoms with Crippen LogP contribution < -0.4 is 4.90 Å². The fourth-order valence-electron chi connectivity index (χ4n) is 2.80. The van der Waals surface area contributed by atoms with Crippen LogP contribution in [0.4, 0.5) is 22.2 Å². The van der Waals surface area contributed by atoms with Gasteiger partial charge in [-0.25, -0.2) is 9.78 Å². The van der Waals surface area contributed by atoms with Gasteiger partial charge in [0, 0.05) is 30.7 Å². The first kappa shape index (κ1) is 21.3. The molecule has 0 fully saturated rings. The summed E-state index contributed by atoms with van der Waals surface area (Å²) in [5, 5.41) is 15.2. The Labute approximate surface area is 173 Å². The molecule has 3 rings (SSSR count). The third-order valence-electron chi connectivity index (χ3n) is 4.29. The highest BCUT2D eigenvalue weighted by atomic mass is 16.6. The van der Waals surface area contributed by atoms with E-state index in [1.165, 1.54) is 17.0 Å². The number of nitro groups is 1. The molecule has 0 saturated carbocycles. The Balaban J connectivity index is 2.17. The van der Waals surface area contributed by atoms with Gasteiger partial charge in [-0.3, -0.25) is 10.1 Å². The van der Waals surface area contributed by atoms with Crippen molar-refractivity contribution in [2.75, 3.05) is 4.90 Å². The Morgan fingerprint density at radius 3 is 2.40 bits per heavy atom. The molecule has 0 aliphatic rings. The predicted molar refractivity (Wildman–Crippen MR) is 111 cm³/mol. The number of aromatic nitrogens is 3. The molecule has 0 N–H and O–H groups in total. The summed E-state index contributed by atoms with van der Waals surface area (Å²) in [5.41, 5.74) is -0.182. The lowest BCUT2D eigenvalue weighted by atomic mass is 9.93. The number of nitro benzene ring substituents is 1. The molecule has 0 aliphatic carbocycles. The van der Waals surface area contributed by atoms with Gasteiger partial charge in [0.1, 0.15) is 11.4 Å². The molecule has 10 heteroatoms. The summed E-state index contributed by atoms with van der Waals surface area (Å²) in [6.45, 7) is 11.1. The predicted octanol–water partition coefficient (Wildman–Crippen LogP) is 4.84. The zero-order valence-electron chi connectivity index (χ0n) is 18.1. The summed E-state index contributed by atoms with van der Waals surface area (Å²) in [7, 11) is 1.71. The molecule has 0 unspecified atom stereocenters. The number of rotatable bonds is 3. The molecule has 160 valence electrons. The molecular formula is C20H25N5O5. The number of hydrogen-bond acceptors (Lipinski definition) is 7. The number of benzene rings is 1. The molecule has 1 aromatic carbocycles. The van der Waals surface area contributed by atoms with Crippen LogP contribution in [0.25, 0.3) is 11.0 Å². The van der Waals surface area contributed by atoms with E-state index >= 15 is 0 Å². The average molecular weight is 415 g/mol. The van der Waals surface area contributed by atoms with Gasteiger partial charge in [-0.05, 0) is 26.8 Å². The fraction of sp³-hybridized carbons (Fsp3) is 0.450. The molecule has 0 bridgehead atoms. The van der Waals surface area contributed by atoms with E-state index in [0.717, 1.165) is 0 Å². The summed E-state index contributed by atoms with van der Waals surface area (Å²) in [4.78, 5) is 29.4. The van der Waals surface area contributed by atoms with Crippen LogP contribution in [-0.2, 0) is 17.2 Å². The number of anilines is 2. The lowest BCUT2D eigenvalue weighted by molar-refractivity contribution is -0.384. The maximum Gasteiger partial charge on any atom is 0.423 e. The highest BCUT2D eigenvalue weighted by Crippen LogP contribution is 2.33. The summed E-state index contributed by atoms with van der Waals surface area (Å²) in [6, 6.07) is 5.99. The van der Waals surface area contributed by atoms with E-state index in [-0.39, 0.29) is 22.9 Å². The van der Waals surface area contributed by atoms with Gasteiger partial charge in [0.25, 0.3) is 5.69 Å². The molecule has 2 aromatic heterocycles. The van der Waals surface area contributed by atoms with E-state index in [2.05, 4.69) is 10.1 Å². The lowest BCUT2D eigenvalue weighted by Gasteiger charge is -2.25. The number of aryl methyl sites for hydroxylation is 1. The lowest BCUT2D eigenvalue weighted by Crippen LogP contribution is -2.35. The standard InChI is InChI=1S/C20H25N5O5/c1-19(2,3)15-11-16(22-30-15)24(18(26)29-20(4,5)6)17-21-13-10-12(25(27)28)8-9-14(13)23(17)7/h8-11H,1-7H3. The fourth-order valence-corrected chi connectivity index (χ4v) is 2.80. The number of imidazole rings is 1. The normalized spacial score (nSPS) is 12.2. The summed E-state index contributed by atoms with van der Waals surface area (Å²) in [5.74, 6) is 0.996. The quantitative estimate of drug-likeness (QED) is 0.444. The van der Waals surface area contributed by atoms with Gasteiger partial charge in [-0.2, -0.15) is 4.90 Å². The summed E-state index contributed by atoms with van der Waals surface area (Å²) >= 11 is 0. The summed E-state index contributed by atoms with van der Waals surface area (Å²) in [6.07, 6.45) is -0.691. The molecule has 0 radical (unpaired) electrons. The number of non-ortho nitro benzene ring substituents is 1. The smallest absolute Gasteiger partial charge is 0.423 e. The monoisotopic (exact) mass is 415 g/mol. The van der Waals surface area contributed by atoms with E-state index in [1.54, 1.807) is 44.5 Å². The molecule has 10 nitrogen and oxygen atoms in total. The third-order valence-corrected chi connectivity index (χ3v) is 4.29. The zero-order chi connectivity index (χ0) is 22.4. The van der Waals surface area contributed by atoms with Crippen LogP contribution >= 0.6 is 0 Å². The van der Waals surface area contributed by atoms with Crippen LogP contribution in [0, 0.1) is 10.1 Å². The van der Waals surface area contributed by atoms with Crippen molar-refractivity contribution in [2.24, 2.45) is 7.05 Å². The van der Waals surface area contributed by atoms with Gasteiger partial charge in [0.2, 0.25) is 5.95 Å². The van der Waals surface area contributed by atoms with E-state index < -0.39 is 16.6 Å². The minimum atomic E-state index is -0.755. The van der Waals surface area contributed by atoms with E-state index in [4.69, 9.17) is 9.26 Å². The Kier molecular flexibility index (Phi) is 5.05.